The van der Waals surface area contributed by atoms with E-state index in [0.29, 0.717) is 17.4 Å². The molecule has 84 valence electrons. The first-order valence-electron chi connectivity index (χ1n) is 4.71. The van der Waals surface area contributed by atoms with Gasteiger partial charge < -0.3 is 10.4 Å². The van der Waals surface area contributed by atoms with Crippen molar-refractivity contribution in [2.75, 3.05) is 6.54 Å². The molecular weight excluding hydrogens is 210 g/mol. The summed E-state index contributed by atoms with van der Waals surface area (Å²) in [5, 5.41) is 9.15. The van der Waals surface area contributed by atoms with Crippen LogP contribution in [0.2, 0.25) is 0 Å². The van der Waals surface area contributed by atoms with Gasteiger partial charge in [0.15, 0.2) is 0 Å². The van der Waals surface area contributed by atoms with Crippen LogP contribution in [0, 0.1) is 0 Å². The normalized spacial score (nSPS) is 9.50. The Morgan fingerprint density at radius 1 is 1.25 bits per heavy atom. The largest absolute Gasteiger partial charge is 0.565 e. The summed E-state index contributed by atoms with van der Waals surface area (Å²) in [6.45, 7) is 0.149. The molecule has 0 aliphatic carbocycles. The lowest BCUT2D eigenvalue weighted by molar-refractivity contribution is -0.136. The average Bonchev–Trinajstić information content (AvgIpc) is 2.28. The minimum atomic E-state index is -0.711. The molecule has 1 amide bonds. The SMILES string of the molecule is O=Cc1ccc(C(=O)NCCC(=O)[OH2+])cc1. The maximum atomic E-state index is 11.5. The van der Waals surface area contributed by atoms with Gasteiger partial charge in [-0.05, 0) is 12.1 Å². The number of nitrogens with one attached hydrogen (secondary N) is 1. The quantitative estimate of drug-likeness (QED) is 0.556. The second-order valence-electron chi connectivity index (χ2n) is 3.17. The predicted octanol–water partition coefficient (Wildman–Crippen LogP) is -0.130. The molecule has 0 saturated heterocycles. The lowest BCUT2D eigenvalue weighted by Gasteiger charge is -2.02. The summed E-state index contributed by atoms with van der Waals surface area (Å²) < 4.78 is 0. The highest BCUT2D eigenvalue weighted by atomic mass is 16.4. The fourth-order valence-electron chi connectivity index (χ4n) is 1.10. The van der Waals surface area contributed by atoms with Crippen LogP contribution in [0.15, 0.2) is 24.3 Å². The number of aldehydes is 1. The van der Waals surface area contributed by atoms with Crippen LogP contribution < -0.4 is 5.32 Å². The lowest BCUT2D eigenvalue weighted by atomic mass is 10.1. The summed E-state index contributed by atoms with van der Waals surface area (Å²) in [6.07, 6.45) is 0.693. The predicted molar refractivity (Wildman–Crippen MR) is 57.4 cm³/mol. The molecule has 0 bridgehead atoms. The fraction of sp³-hybridized carbons (Fsp3) is 0.182. The van der Waals surface area contributed by atoms with Gasteiger partial charge in [0.2, 0.25) is 0 Å². The molecule has 0 radical (unpaired) electrons. The highest BCUT2D eigenvalue weighted by Gasteiger charge is 2.08. The molecule has 0 aliphatic heterocycles. The molecule has 1 rings (SSSR count). The van der Waals surface area contributed by atoms with Gasteiger partial charge in [0.1, 0.15) is 12.7 Å². The Labute approximate surface area is 92.1 Å². The number of amides is 1. The first-order valence-corrected chi connectivity index (χ1v) is 4.71. The number of rotatable bonds is 5. The molecule has 0 aromatic heterocycles. The van der Waals surface area contributed by atoms with Crippen molar-refractivity contribution in [1.29, 1.82) is 0 Å². The molecule has 0 fully saturated rings. The van der Waals surface area contributed by atoms with Crippen molar-refractivity contribution < 1.29 is 19.5 Å². The van der Waals surface area contributed by atoms with E-state index in [1.54, 1.807) is 0 Å². The average molecular weight is 222 g/mol. The second kappa shape index (κ2) is 5.65. The van der Waals surface area contributed by atoms with Crippen LogP contribution in [-0.2, 0) is 4.79 Å². The monoisotopic (exact) mass is 222 g/mol. The van der Waals surface area contributed by atoms with Gasteiger partial charge in [-0.25, -0.2) is 0 Å². The van der Waals surface area contributed by atoms with Gasteiger partial charge in [0, 0.05) is 22.5 Å². The number of carbonyl (C=O) groups is 3. The van der Waals surface area contributed by atoms with Crippen LogP contribution in [0.1, 0.15) is 27.1 Å². The summed E-state index contributed by atoms with van der Waals surface area (Å²) in [4.78, 5) is 32.2. The Morgan fingerprint density at radius 3 is 2.38 bits per heavy atom. The van der Waals surface area contributed by atoms with Crippen molar-refractivity contribution in [1.82, 2.24) is 5.32 Å². The Kier molecular flexibility index (Phi) is 4.20. The molecule has 0 unspecified atom stereocenters. The number of hydrogen-bond donors (Lipinski definition) is 1. The highest BCUT2D eigenvalue weighted by molar-refractivity contribution is 5.94. The van der Waals surface area contributed by atoms with E-state index in [9.17, 15) is 14.4 Å². The Morgan fingerprint density at radius 2 is 1.88 bits per heavy atom. The zero-order valence-corrected chi connectivity index (χ0v) is 8.53. The molecule has 16 heavy (non-hydrogen) atoms. The summed E-state index contributed by atoms with van der Waals surface area (Å²) in [5.41, 5.74) is 0.918. The third-order valence-corrected chi connectivity index (χ3v) is 1.95. The second-order valence-corrected chi connectivity index (χ2v) is 3.17. The molecule has 0 heterocycles. The smallest absolute Gasteiger partial charge is 0.517 e. The molecule has 5 nitrogen and oxygen atoms in total. The zero-order valence-electron chi connectivity index (χ0n) is 8.53. The minimum absolute atomic E-state index is 0.00182. The highest BCUT2D eigenvalue weighted by Crippen LogP contribution is 2.02. The first kappa shape index (κ1) is 11.9. The van der Waals surface area contributed by atoms with Crippen molar-refractivity contribution >= 4 is 18.2 Å². The number of benzene rings is 1. The molecule has 0 atom stereocenters. The fourth-order valence-corrected chi connectivity index (χ4v) is 1.10. The Balaban J connectivity index is 2.52. The molecule has 5 heteroatoms. The molecule has 0 aliphatic rings. The Bertz CT molecular complexity index is 397. The van der Waals surface area contributed by atoms with Gasteiger partial charge in [-0.3, -0.25) is 9.59 Å². The molecular formula is C11H12NO4+. The maximum Gasteiger partial charge on any atom is 0.517 e. The van der Waals surface area contributed by atoms with Gasteiger partial charge >= 0.3 is 5.97 Å². The summed E-state index contributed by atoms with van der Waals surface area (Å²) in [6, 6.07) is 6.14. The molecule has 0 spiro atoms. The van der Waals surface area contributed by atoms with E-state index in [1.807, 2.05) is 0 Å². The van der Waals surface area contributed by atoms with Crippen molar-refractivity contribution in [2.24, 2.45) is 0 Å². The van der Waals surface area contributed by atoms with E-state index in [4.69, 9.17) is 5.11 Å². The molecule has 1 aromatic carbocycles. The van der Waals surface area contributed by atoms with Crippen LogP contribution in [-0.4, -0.2) is 29.8 Å². The third-order valence-electron chi connectivity index (χ3n) is 1.95. The lowest BCUT2D eigenvalue weighted by Crippen LogP contribution is -2.25. The van der Waals surface area contributed by atoms with Crippen LogP contribution in [0.5, 0.6) is 0 Å². The van der Waals surface area contributed by atoms with Crippen LogP contribution in [0.3, 0.4) is 0 Å². The van der Waals surface area contributed by atoms with Crippen LogP contribution in [0.25, 0.3) is 0 Å². The van der Waals surface area contributed by atoms with Crippen molar-refractivity contribution in [3.05, 3.63) is 35.4 Å². The topological polar surface area (TPSA) is 86.1 Å². The van der Waals surface area contributed by atoms with Gasteiger partial charge in [-0.15, -0.1) is 0 Å². The molecule has 3 N–H and O–H groups in total. The van der Waals surface area contributed by atoms with Crippen molar-refractivity contribution in [2.45, 2.75) is 6.42 Å². The first-order chi connectivity index (χ1) is 7.63. The summed E-state index contributed by atoms with van der Waals surface area (Å²) in [5.74, 6) is -1.03. The van der Waals surface area contributed by atoms with Crippen molar-refractivity contribution in [3.8, 4) is 0 Å². The van der Waals surface area contributed by atoms with Gasteiger partial charge in [-0.2, -0.15) is 0 Å². The number of hydrogen-bond acceptors (Lipinski definition) is 3. The number of carbonyl (C=O) groups excluding carboxylic acids is 3. The summed E-state index contributed by atoms with van der Waals surface area (Å²) in [7, 11) is 0. The molecule has 1 aromatic rings. The zero-order chi connectivity index (χ0) is 12.0. The van der Waals surface area contributed by atoms with E-state index in [1.165, 1.54) is 24.3 Å². The molecule has 0 saturated carbocycles. The van der Waals surface area contributed by atoms with E-state index in [-0.39, 0.29) is 18.9 Å². The van der Waals surface area contributed by atoms with E-state index >= 15 is 0 Å². The van der Waals surface area contributed by atoms with Crippen LogP contribution in [0.4, 0.5) is 0 Å². The van der Waals surface area contributed by atoms with E-state index in [0.717, 1.165) is 0 Å². The van der Waals surface area contributed by atoms with Gasteiger partial charge in [-0.1, -0.05) is 12.1 Å². The standard InChI is InChI=1S/C11H11NO4/c13-7-8-1-3-9(4-2-8)11(16)12-6-5-10(14)15/h1-4,7H,5-6H2,(H,12,16)(H,14,15)/p+1. The van der Waals surface area contributed by atoms with Gasteiger partial charge in [0.05, 0.1) is 0 Å². The Hall–Kier alpha value is -2.17. The summed E-state index contributed by atoms with van der Waals surface area (Å²) >= 11 is 0. The van der Waals surface area contributed by atoms with Gasteiger partial charge in [0.25, 0.3) is 5.91 Å². The van der Waals surface area contributed by atoms with E-state index < -0.39 is 5.97 Å². The van der Waals surface area contributed by atoms with Crippen LogP contribution >= 0.6 is 0 Å². The third kappa shape index (κ3) is 3.53. The minimum Gasteiger partial charge on any atom is -0.565 e. The maximum absolute atomic E-state index is 11.5. The van der Waals surface area contributed by atoms with Crippen molar-refractivity contribution in [3.63, 3.8) is 0 Å². The van der Waals surface area contributed by atoms with E-state index in [2.05, 4.69) is 5.32 Å².